The highest BCUT2D eigenvalue weighted by Crippen LogP contribution is 2.58. The molecule has 0 radical (unpaired) electrons. The summed E-state index contributed by atoms with van der Waals surface area (Å²) in [5.41, 5.74) is 0. The summed E-state index contributed by atoms with van der Waals surface area (Å²) in [6, 6.07) is 0. The van der Waals surface area contributed by atoms with Gasteiger partial charge in [0.05, 0.1) is 0 Å². The Balaban J connectivity index is 4.45. The molecule has 0 saturated carbocycles. The molecule has 0 unspecified atom stereocenters. The second-order valence-electron chi connectivity index (χ2n) is 5.22. The lowest BCUT2D eigenvalue weighted by atomic mass is 10.2. The highest BCUT2D eigenvalue weighted by atomic mass is 32.1. The van der Waals surface area contributed by atoms with Crippen LogP contribution in [0.15, 0.2) is 0 Å². The zero-order valence-electron chi connectivity index (χ0n) is 9.31. The maximum Gasteiger partial charge on any atom is -0.00581 e. The van der Waals surface area contributed by atoms with Gasteiger partial charge in [0.15, 0.2) is 0 Å². The minimum Gasteiger partial charge on any atom is -0.179 e. The molecule has 0 heterocycles. The topological polar surface area (TPSA) is 0 Å². The number of thiol groups is 1. The molecule has 0 amide bonds. The lowest BCUT2D eigenvalue weighted by Gasteiger charge is -2.41. The molecule has 0 aliphatic rings. The van der Waals surface area contributed by atoms with Gasteiger partial charge in [-0.1, -0.05) is 49.5 Å². The largest absolute Gasteiger partial charge is 0.179 e. The molecule has 0 rings (SSSR count). The Bertz CT molecular complexity index is 116. The Kier molecular flexibility index (Phi) is 4.61. The summed E-state index contributed by atoms with van der Waals surface area (Å²) in [7, 11) is 0.0808. The first-order chi connectivity index (χ1) is 5.19. The van der Waals surface area contributed by atoms with Crippen molar-refractivity contribution >= 4 is 20.6 Å². The summed E-state index contributed by atoms with van der Waals surface area (Å²) in [6.07, 6.45) is 1.28. The van der Waals surface area contributed by atoms with Crippen molar-refractivity contribution in [2.75, 3.05) is 11.9 Å². The van der Waals surface area contributed by atoms with E-state index in [4.69, 9.17) is 0 Å². The first kappa shape index (κ1) is 12.8. The molecule has 0 aromatic carbocycles. The van der Waals surface area contributed by atoms with Gasteiger partial charge in [-0.3, -0.25) is 0 Å². The first-order valence-electron chi connectivity index (χ1n) is 4.58. The lowest BCUT2D eigenvalue weighted by Crippen LogP contribution is -2.26. The van der Waals surface area contributed by atoms with Crippen molar-refractivity contribution in [1.29, 1.82) is 0 Å². The maximum atomic E-state index is 4.34. The van der Waals surface area contributed by atoms with E-state index in [0.29, 0.717) is 10.3 Å². The van der Waals surface area contributed by atoms with Crippen LogP contribution >= 0.6 is 20.6 Å². The van der Waals surface area contributed by atoms with Gasteiger partial charge in [-0.05, 0) is 22.2 Å². The third-order valence-corrected chi connectivity index (χ3v) is 6.43. The fourth-order valence-electron chi connectivity index (χ4n) is 1.78. The molecule has 0 aromatic heterocycles. The zero-order chi connectivity index (χ0) is 9.99. The number of rotatable bonds is 2. The van der Waals surface area contributed by atoms with Gasteiger partial charge in [0.2, 0.25) is 0 Å². The van der Waals surface area contributed by atoms with E-state index in [-0.39, 0.29) is 7.92 Å². The van der Waals surface area contributed by atoms with Crippen LogP contribution in [0.5, 0.6) is 0 Å². The molecular weight excluding hydrogens is 183 g/mol. The van der Waals surface area contributed by atoms with Gasteiger partial charge >= 0.3 is 0 Å². The van der Waals surface area contributed by atoms with E-state index in [1.165, 1.54) is 6.16 Å². The highest BCUT2D eigenvalue weighted by molar-refractivity contribution is 7.81. The fraction of sp³-hybridized carbons (Fsp3) is 1.00. The average Bonchev–Trinajstić information content (AvgIpc) is 1.77. The Morgan fingerprint density at radius 2 is 1.25 bits per heavy atom. The molecule has 0 aromatic rings. The average molecular weight is 206 g/mol. The molecule has 0 nitrogen and oxygen atoms in total. The van der Waals surface area contributed by atoms with Gasteiger partial charge in [-0.25, -0.2) is 0 Å². The summed E-state index contributed by atoms with van der Waals surface area (Å²) in [4.78, 5) is 0. The summed E-state index contributed by atoms with van der Waals surface area (Å²) < 4.78 is 0. The third kappa shape index (κ3) is 4.14. The summed E-state index contributed by atoms with van der Waals surface area (Å²) in [5, 5.41) is 0.937. The van der Waals surface area contributed by atoms with E-state index >= 15 is 0 Å². The molecule has 0 bridgehead atoms. The van der Waals surface area contributed by atoms with Gasteiger partial charge in [0, 0.05) is 0 Å². The Hall–Kier alpha value is 0.780. The molecule has 12 heavy (non-hydrogen) atoms. The molecule has 0 N–H and O–H groups in total. The van der Waals surface area contributed by atoms with Crippen LogP contribution in [0.2, 0.25) is 0 Å². The molecule has 0 saturated heterocycles. The zero-order valence-corrected chi connectivity index (χ0v) is 11.1. The van der Waals surface area contributed by atoms with Crippen LogP contribution in [-0.2, 0) is 0 Å². The van der Waals surface area contributed by atoms with Crippen molar-refractivity contribution in [1.82, 2.24) is 0 Å². The maximum absolute atomic E-state index is 4.34. The van der Waals surface area contributed by atoms with E-state index in [9.17, 15) is 0 Å². The molecule has 0 aliphatic carbocycles. The summed E-state index contributed by atoms with van der Waals surface area (Å²) >= 11 is 4.34. The lowest BCUT2D eigenvalue weighted by molar-refractivity contribution is 0.705. The molecular formula is C10H23PS. The second-order valence-corrected chi connectivity index (χ2v) is 9.65. The van der Waals surface area contributed by atoms with E-state index < -0.39 is 0 Å². The molecule has 0 atom stereocenters. The SMILES string of the molecule is CC(C)(C)P(CCS)C(C)(C)C. The monoisotopic (exact) mass is 206 g/mol. The third-order valence-electron chi connectivity index (χ3n) is 1.94. The van der Waals surface area contributed by atoms with Gasteiger partial charge in [-0.15, -0.1) is 0 Å². The Morgan fingerprint density at radius 1 is 0.917 bits per heavy atom. The summed E-state index contributed by atoms with van der Waals surface area (Å²) in [5.74, 6) is 1.03. The van der Waals surface area contributed by atoms with Gasteiger partial charge < -0.3 is 0 Å². The van der Waals surface area contributed by atoms with Crippen LogP contribution in [0, 0.1) is 0 Å². The van der Waals surface area contributed by atoms with Gasteiger partial charge in [0.1, 0.15) is 0 Å². The minimum absolute atomic E-state index is 0.0808. The highest BCUT2D eigenvalue weighted by Gasteiger charge is 2.32. The Morgan fingerprint density at radius 3 is 1.33 bits per heavy atom. The standard InChI is InChI=1S/C10H23PS/c1-9(2,3)11(7-8-12)10(4,5)6/h12H,7-8H2,1-6H3. The van der Waals surface area contributed by atoms with Crippen LogP contribution in [0.4, 0.5) is 0 Å². The second kappa shape index (κ2) is 4.33. The van der Waals surface area contributed by atoms with Crippen LogP contribution in [0.3, 0.4) is 0 Å². The number of hydrogen-bond acceptors (Lipinski definition) is 1. The molecule has 0 spiro atoms. The Labute approximate surface area is 84.7 Å². The minimum atomic E-state index is 0.0808. The molecule has 0 aliphatic heterocycles. The van der Waals surface area contributed by atoms with Crippen LogP contribution < -0.4 is 0 Å². The van der Waals surface area contributed by atoms with Crippen LogP contribution in [0.25, 0.3) is 0 Å². The predicted molar refractivity (Wildman–Crippen MR) is 65.1 cm³/mol. The fourth-order valence-corrected chi connectivity index (χ4v) is 5.93. The van der Waals surface area contributed by atoms with Crippen molar-refractivity contribution in [3.8, 4) is 0 Å². The van der Waals surface area contributed by atoms with Crippen molar-refractivity contribution < 1.29 is 0 Å². The van der Waals surface area contributed by atoms with Crippen molar-refractivity contribution in [3.05, 3.63) is 0 Å². The van der Waals surface area contributed by atoms with Crippen molar-refractivity contribution in [2.24, 2.45) is 0 Å². The molecule has 0 fully saturated rings. The van der Waals surface area contributed by atoms with E-state index in [1.807, 2.05) is 0 Å². The van der Waals surface area contributed by atoms with E-state index in [0.717, 1.165) is 5.75 Å². The van der Waals surface area contributed by atoms with Crippen LogP contribution in [0.1, 0.15) is 41.5 Å². The smallest absolute Gasteiger partial charge is 0.00581 e. The normalized spacial score (nSPS) is 14.0. The van der Waals surface area contributed by atoms with E-state index in [2.05, 4.69) is 54.2 Å². The first-order valence-corrected chi connectivity index (χ1v) is 6.74. The van der Waals surface area contributed by atoms with Gasteiger partial charge in [0.25, 0.3) is 0 Å². The predicted octanol–water partition coefficient (Wildman–Crippen LogP) is 4.00. The summed E-state index contributed by atoms with van der Waals surface area (Å²) in [6.45, 7) is 14.1. The van der Waals surface area contributed by atoms with Crippen molar-refractivity contribution in [3.63, 3.8) is 0 Å². The molecule has 74 valence electrons. The van der Waals surface area contributed by atoms with Crippen molar-refractivity contribution in [2.45, 2.75) is 51.9 Å². The van der Waals surface area contributed by atoms with Crippen LogP contribution in [-0.4, -0.2) is 22.2 Å². The molecule has 2 heteroatoms. The van der Waals surface area contributed by atoms with Gasteiger partial charge in [-0.2, -0.15) is 12.6 Å². The number of hydrogen-bond donors (Lipinski definition) is 1. The van der Waals surface area contributed by atoms with E-state index in [1.54, 1.807) is 0 Å². The quantitative estimate of drug-likeness (QED) is 0.512.